The molecule has 0 saturated carbocycles. The van der Waals surface area contributed by atoms with Gasteiger partial charge in [0.05, 0.1) is 0 Å². The topological polar surface area (TPSA) is 29.3 Å². The van der Waals surface area contributed by atoms with Crippen molar-refractivity contribution < 1.29 is 0 Å². The number of nitrogens with two attached hydrogens (primary N) is 1. The number of hydrogen-bond donors (Lipinski definition) is 1. The lowest BCUT2D eigenvalue weighted by molar-refractivity contribution is 0.264. The van der Waals surface area contributed by atoms with Crippen molar-refractivity contribution in [2.45, 2.75) is 20.0 Å². The van der Waals surface area contributed by atoms with Crippen LogP contribution < -0.4 is 5.73 Å². The van der Waals surface area contributed by atoms with Gasteiger partial charge in [0.1, 0.15) is 0 Å². The van der Waals surface area contributed by atoms with Crippen LogP contribution in [0.4, 0.5) is 0 Å². The summed E-state index contributed by atoms with van der Waals surface area (Å²) in [6.07, 6.45) is 0. The van der Waals surface area contributed by atoms with Gasteiger partial charge in [-0.15, -0.1) is 0 Å². The van der Waals surface area contributed by atoms with Crippen molar-refractivity contribution in [3.63, 3.8) is 0 Å². The highest BCUT2D eigenvalue weighted by atomic mass is 35.5. The monoisotopic (exact) mass is 288 g/mol. The maximum atomic E-state index is 6.32. The summed E-state index contributed by atoms with van der Waals surface area (Å²) >= 11 is 6.32. The Morgan fingerprint density at radius 1 is 1.05 bits per heavy atom. The molecule has 0 amide bonds. The van der Waals surface area contributed by atoms with Gasteiger partial charge in [0, 0.05) is 31.2 Å². The molecule has 0 heterocycles. The molecule has 0 atom stereocenters. The van der Waals surface area contributed by atoms with Crippen LogP contribution in [0.25, 0.3) is 0 Å². The quantitative estimate of drug-likeness (QED) is 0.880. The molecule has 2 aromatic rings. The van der Waals surface area contributed by atoms with E-state index in [2.05, 4.69) is 48.2 Å². The van der Waals surface area contributed by atoms with Gasteiger partial charge in [-0.1, -0.05) is 54.1 Å². The van der Waals surface area contributed by atoms with Crippen molar-refractivity contribution in [3.05, 3.63) is 70.2 Å². The molecule has 0 aliphatic carbocycles. The minimum Gasteiger partial charge on any atom is -0.329 e. The highest BCUT2D eigenvalue weighted by Gasteiger charge is 2.09. The van der Waals surface area contributed by atoms with Crippen molar-refractivity contribution in [1.82, 2.24) is 4.90 Å². The molecule has 0 spiro atoms. The van der Waals surface area contributed by atoms with Crippen molar-refractivity contribution in [2.75, 3.05) is 13.1 Å². The Labute approximate surface area is 126 Å². The van der Waals surface area contributed by atoms with Gasteiger partial charge in [0.2, 0.25) is 0 Å². The summed E-state index contributed by atoms with van der Waals surface area (Å²) in [5.74, 6) is 0. The second-order valence-corrected chi connectivity index (χ2v) is 5.49. The van der Waals surface area contributed by atoms with E-state index in [1.54, 1.807) is 0 Å². The summed E-state index contributed by atoms with van der Waals surface area (Å²) in [5.41, 5.74) is 9.36. The van der Waals surface area contributed by atoms with Crippen LogP contribution >= 0.6 is 11.6 Å². The van der Waals surface area contributed by atoms with E-state index in [1.807, 2.05) is 12.1 Å². The summed E-state index contributed by atoms with van der Waals surface area (Å²) in [6.45, 7) is 5.28. The molecule has 3 heteroatoms. The Hall–Kier alpha value is -1.35. The normalized spacial score (nSPS) is 11.0. The first-order chi connectivity index (χ1) is 9.69. The molecule has 2 rings (SSSR count). The van der Waals surface area contributed by atoms with Crippen LogP contribution in [0.5, 0.6) is 0 Å². The van der Waals surface area contributed by atoms with Crippen LogP contribution in [0, 0.1) is 6.92 Å². The molecule has 0 radical (unpaired) electrons. The molecule has 0 unspecified atom stereocenters. The van der Waals surface area contributed by atoms with E-state index in [0.29, 0.717) is 6.54 Å². The number of nitrogens with zero attached hydrogens (tertiary/aromatic N) is 1. The average Bonchev–Trinajstić information content (AvgIpc) is 2.43. The molecular weight excluding hydrogens is 268 g/mol. The Morgan fingerprint density at radius 2 is 1.80 bits per heavy atom. The second kappa shape index (κ2) is 7.44. The number of hydrogen-bond acceptors (Lipinski definition) is 2. The number of aryl methyl sites for hydroxylation is 1. The van der Waals surface area contributed by atoms with E-state index >= 15 is 0 Å². The molecule has 2 N–H and O–H groups in total. The molecule has 0 bridgehead atoms. The van der Waals surface area contributed by atoms with Gasteiger partial charge in [-0.3, -0.25) is 4.90 Å². The summed E-state index contributed by atoms with van der Waals surface area (Å²) in [4.78, 5) is 2.33. The summed E-state index contributed by atoms with van der Waals surface area (Å²) in [7, 11) is 0. The first-order valence-electron chi connectivity index (χ1n) is 6.90. The summed E-state index contributed by atoms with van der Waals surface area (Å²) in [5, 5.41) is 0.833. The first-order valence-corrected chi connectivity index (χ1v) is 7.28. The van der Waals surface area contributed by atoms with Gasteiger partial charge in [0.15, 0.2) is 0 Å². The van der Waals surface area contributed by atoms with E-state index in [1.165, 1.54) is 11.1 Å². The van der Waals surface area contributed by atoms with E-state index in [9.17, 15) is 0 Å². The van der Waals surface area contributed by atoms with E-state index in [-0.39, 0.29) is 0 Å². The number of halogens is 1. The van der Waals surface area contributed by atoms with Crippen molar-refractivity contribution in [3.8, 4) is 0 Å². The fraction of sp³-hybridized carbons (Fsp3) is 0.294. The van der Waals surface area contributed by atoms with Crippen molar-refractivity contribution in [1.29, 1.82) is 0 Å². The Bertz CT molecular complexity index is 540. The summed E-state index contributed by atoms with van der Waals surface area (Å²) < 4.78 is 0. The predicted octanol–water partition coefficient (Wildman–Crippen LogP) is 3.61. The van der Waals surface area contributed by atoms with Crippen LogP contribution in [-0.2, 0) is 13.1 Å². The maximum absolute atomic E-state index is 6.32. The van der Waals surface area contributed by atoms with Gasteiger partial charge in [-0.2, -0.15) is 0 Å². The minimum absolute atomic E-state index is 0.649. The average molecular weight is 289 g/mol. The Morgan fingerprint density at radius 3 is 2.45 bits per heavy atom. The molecule has 0 aliphatic heterocycles. The lowest BCUT2D eigenvalue weighted by atomic mass is 10.1. The molecule has 0 fully saturated rings. The SMILES string of the molecule is Cc1ccc(CN(CCN)Cc2ccccc2)c(Cl)c1. The Balaban J connectivity index is 2.09. The lowest BCUT2D eigenvalue weighted by Crippen LogP contribution is -2.28. The third-order valence-electron chi connectivity index (χ3n) is 3.30. The number of rotatable bonds is 6. The fourth-order valence-corrected chi connectivity index (χ4v) is 2.55. The molecule has 2 nitrogen and oxygen atoms in total. The van der Waals surface area contributed by atoms with Gasteiger partial charge >= 0.3 is 0 Å². The number of benzene rings is 2. The fourth-order valence-electron chi connectivity index (χ4n) is 2.26. The largest absolute Gasteiger partial charge is 0.329 e. The second-order valence-electron chi connectivity index (χ2n) is 5.08. The Kier molecular flexibility index (Phi) is 5.60. The highest BCUT2D eigenvalue weighted by molar-refractivity contribution is 6.31. The molecule has 20 heavy (non-hydrogen) atoms. The van der Waals surface area contributed by atoms with Crippen LogP contribution in [0.3, 0.4) is 0 Å². The molecule has 0 aliphatic rings. The van der Waals surface area contributed by atoms with Gasteiger partial charge < -0.3 is 5.73 Å². The zero-order chi connectivity index (χ0) is 14.4. The first kappa shape index (κ1) is 15.0. The zero-order valence-electron chi connectivity index (χ0n) is 11.8. The molecule has 0 aromatic heterocycles. The zero-order valence-corrected chi connectivity index (χ0v) is 12.6. The molecule has 2 aromatic carbocycles. The standard InChI is InChI=1S/C17H21ClN2/c1-14-7-8-16(17(18)11-14)13-20(10-9-19)12-15-5-3-2-4-6-15/h2-8,11H,9-10,12-13,19H2,1H3. The minimum atomic E-state index is 0.649. The molecule has 0 saturated heterocycles. The van der Waals surface area contributed by atoms with Gasteiger partial charge in [-0.05, 0) is 29.7 Å². The molecular formula is C17H21ClN2. The van der Waals surface area contributed by atoms with Crippen LogP contribution in [-0.4, -0.2) is 18.0 Å². The third-order valence-corrected chi connectivity index (χ3v) is 3.65. The molecule has 106 valence electrons. The predicted molar refractivity (Wildman–Crippen MR) is 85.8 cm³/mol. The summed E-state index contributed by atoms with van der Waals surface area (Å²) in [6, 6.07) is 16.7. The van der Waals surface area contributed by atoms with E-state index in [0.717, 1.165) is 30.2 Å². The highest BCUT2D eigenvalue weighted by Crippen LogP contribution is 2.20. The van der Waals surface area contributed by atoms with Crippen LogP contribution in [0.1, 0.15) is 16.7 Å². The van der Waals surface area contributed by atoms with Gasteiger partial charge in [-0.25, -0.2) is 0 Å². The van der Waals surface area contributed by atoms with Crippen molar-refractivity contribution >= 4 is 11.6 Å². The van der Waals surface area contributed by atoms with Crippen molar-refractivity contribution in [2.24, 2.45) is 5.73 Å². The van der Waals surface area contributed by atoms with E-state index in [4.69, 9.17) is 17.3 Å². The smallest absolute Gasteiger partial charge is 0.0453 e. The van der Waals surface area contributed by atoms with Crippen LogP contribution in [0.15, 0.2) is 48.5 Å². The van der Waals surface area contributed by atoms with Crippen LogP contribution in [0.2, 0.25) is 5.02 Å². The lowest BCUT2D eigenvalue weighted by Gasteiger charge is -2.22. The maximum Gasteiger partial charge on any atom is 0.0453 e. The third kappa shape index (κ3) is 4.34. The van der Waals surface area contributed by atoms with E-state index < -0.39 is 0 Å². The van der Waals surface area contributed by atoms with Gasteiger partial charge in [0.25, 0.3) is 0 Å².